The van der Waals surface area contributed by atoms with Crippen LogP contribution in [0.1, 0.15) is 23.7 Å². The van der Waals surface area contributed by atoms with Crippen LogP contribution in [0, 0.1) is 20.2 Å². The van der Waals surface area contributed by atoms with Gasteiger partial charge in [0.15, 0.2) is 0 Å². The first-order chi connectivity index (χ1) is 12.3. The van der Waals surface area contributed by atoms with Crippen LogP contribution in [0.4, 0.5) is 16.2 Å². The zero-order valence-corrected chi connectivity index (χ0v) is 12.9. The predicted octanol–water partition coefficient (Wildman–Crippen LogP) is 2.34. The van der Waals surface area contributed by atoms with Gasteiger partial charge in [-0.25, -0.2) is 4.79 Å². The average Bonchev–Trinajstić information content (AvgIpc) is 2.61. The number of nitro benzene ring substituents is 2. The summed E-state index contributed by atoms with van der Waals surface area (Å²) in [6.45, 7) is 0. The van der Waals surface area contributed by atoms with Crippen LogP contribution in [0.5, 0.6) is 0 Å². The van der Waals surface area contributed by atoms with E-state index in [9.17, 15) is 35.2 Å². The highest BCUT2D eigenvalue weighted by Crippen LogP contribution is 2.22. The third-order valence-electron chi connectivity index (χ3n) is 3.19. The zero-order chi connectivity index (χ0) is 19.3. The van der Waals surface area contributed by atoms with Crippen molar-refractivity contribution in [1.82, 2.24) is 0 Å². The molecular formula is C15H12N2O9. The number of carbonyl (C=O) groups excluding carboxylic acids is 1. The molecule has 0 amide bonds. The molecule has 0 heterocycles. The third kappa shape index (κ3) is 4.72. The second kappa shape index (κ2) is 8.00. The van der Waals surface area contributed by atoms with Crippen molar-refractivity contribution in [2.45, 2.75) is 12.6 Å². The molecule has 0 aliphatic carbocycles. The van der Waals surface area contributed by atoms with Crippen LogP contribution in [-0.2, 0) is 9.47 Å². The van der Waals surface area contributed by atoms with Crippen molar-refractivity contribution in [3.63, 3.8) is 0 Å². The van der Waals surface area contributed by atoms with E-state index in [2.05, 4.69) is 9.47 Å². The van der Waals surface area contributed by atoms with E-state index in [-0.39, 0.29) is 22.5 Å². The molecule has 2 atom stereocenters. The molecule has 0 fully saturated rings. The van der Waals surface area contributed by atoms with Gasteiger partial charge in [0.25, 0.3) is 11.4 Å². The molecular weight excluding hydrogens is 352 g/mol. The van der Waals surface area contributed by atoms with Gasteiger partial charge < -0.3 is 19.7 Å². The van der Waals surface area contributed by atoms with E-state index in [0.29, 0.717) is 0 Å². The van der Waals surface area contributed by atoms with Crippen molar-refractivity contribution in [3.05, 3.63) is 79.9 Å². The number of carbonyl (C=O) groups is 1. The Balaban J connectivity index is 1.94. The summed E-state index contributed by atoms with van der Waals surface area (Å²) in [5.74, 6) is 0. The number of aliphatic hydroxyl groups is 2. The SMILES string of the molecule is O=C(OC(O)c1ccc([N+](=O)[O-])cc1)OC(O)c1ccc([N+](=O)[O-])cc1. The molecule has 2 aromatic rings. The molecule has 0 saturated carbocycles. The number of non-ortho nitro benzene ring substituents is 2. The summed E-state index contributed by atoms with van der Waals surface area (Å²) in [6.07, 6.45) is -4.96. The van der Waals surface area contributed by atoms with Crippen LogP contribution in [0.2, 0.25) is 0 Å². The Labute approximate surface area is 145 Å². The summed E-state index contributed by atoms with van der Waals surface area (Å²) in [5.41, 5.74) is -0.316. The number of nitrogens with zero attached hydrogens (tertiary/aromatic N) is 2. The third-order valence-corrected chi connectivity index (χ3v) is 3.19. The Kier molecular flexibility index (Phi) is 5.78. The molecule has 26 heavy (non-hydrogen) atoms. The second-order valence-electron chi connectivity index (χ2n) is 4.89. The summed E-state index contributed by atoms with van der Waals surface area (Å²) in [7, 11) is 0. The zero-order valence-electron chi connectivity index (χ0n) is 12.9. The van der Waals surface area contributed by atoms with Gasteiger partial charge in [-0.15, -0.1) is 0 Å². The van der Waals surface area contributed by atoms with Crippen LogP contribution in [0.3, 0.4) is 0 Å². The minimum atomic E-state index is -1.77. The summed E-state index contributed by atoms with van der Waals surface area (Å²) >= 11 is 0. The second-order valence-corrected chi connectivity index (χ2v) is 4.89. The Morgan fingerprint density at radius 1 is 0.769 bits per heavy atom. The van der Waals surface area contributed by atoms with Gasteiger partial charge in [0, 0.05) is 35.4 Å². The highest BCUT2D eigenvalue weighted by molar-refractivity contribution is 5.60. The van der Waals surface area contributed by atoms with Crippen molar-refractivity contribution in [3.8, 4) is 0 Å². The van der Waals surface area contributed by atoms with E-state index in [1.807, 2.05) is 0 Å². The number of hydrogen-bond donors (Lipinski definition) is 2. The minimum Gasteiger partial charge on any atom is -0.400 e. The lowest BCUT2D eigenvalue weighted by molar-refractivity contribution is -0.385. The monoisotopic (exact) mass is 364 g/mol. The first-order valence-corrected chi connectivity index (χ1v) is 7.00. The first kappa shape index (κ1) is 18.8. The Morgan fingerprint density at radius 3 is 1.35 bits per heavy atom. The van der Waals surface area contributed by atoms with E-state index in [1.165, 1.54) is 24.3 Å². The molecule has 11 nitrogen and oxygen atoms in total. The van der Waals surface area contributed by atoms with Gasteiger partial charge in [-0.3, -0.25) is 20.2 Å². The van der Waals surface area contributed by atoms with Crippen molar-refractivity contribution >= 4 is 17.5 Å². The molecule has 0 bridgehead atoms. The molecule has 2 N–H and O–H groups in total. The van der Waals surface area contributed by atoms with E-state index < -0.39 is 28.6 Å². The van der Waals surface area contributed by atoms with E-state index >= 15 is 0 Å². The Bertz CT molecular complexity index is 737. The smallest absolute Gasteiger partial charge is 0.400 e. The highest BCUT2D eigenvalue weighted by Gasteiger charge is 2.20. The maximum absolute atomic E-state index is 11.6. The van der Waals surface area contributed by atoms with E-state index in [0.717, 1.165) is 24.3 Å². The maximum atomic E-state index is 11.6. The standard InChI is InChI=1S/C15H12N2O9/c18-13(9-1-5-11(6-2-9)16(21)22)25-15(20)26-14(19)10-3-7-12(8-4-10)17(23)24/h1-8,13-14,18-19H. The van der Waals surface area contributed by atoms with Gasteiger partial charge in [0.05, 0.1) is 9.85 Å². The maximum Gasteiger partial charge on any atom is 0.513 e. The topological polar surface area (TPSA) is 162 Å². The molecule has 0 aliphatic rings. The summed E-state index contributed by atoms with van der Waals surface area (Å²) in [4.78, 5) is 31.4. The van der Waals surface area contributed by atoms with Crippen molar-refractivity contribution in [2.24, 2.45) is 0 Å². The van der Waals surface area contributed by atoms with Crippen molar-refractivity contribution < 1.29 is 34.3 Å². The number of nitro groups is 2. The summed E-state index contributed by atoms with van der Waals surface area (Å²) < 4.78 is 9.09. The van der Waals surface area contributed by atoms with Crippen LogP contribution in [-0.4, -0.2) is 26.2 Å². The Hall–Kier alpha value is -3.57. The fraction of sp³-hybridized carbons (Fsp3) is 0.133. The summed E-state index contributed by atoms with van der Waals surface area (Å²) in [6, 6.07) is 9.17. The highest BCUT2D eigenvalue weighted by atomic mass is 16.8. The lowest BCUT2D eigenvalue weighted by Crippen LogP contribution is -2.15. The van der Waals surface area contributed by atoms with E-state index in [1.54, 1.807) is 0 Å². The van der Waals surface area contributed by atoms with Crippen molar-refractivity contribution in [1.29, 1.82) is 0 Å². The van der Waals surface area contributed by atoms with Gasteiger partial charge in [0.2, 0.25) is 12.6 Å². The number of benzene rings is 2. The van der Waals surface area contributed by atoms with Crippen LogP contribution < -0.4 is 0 Å². The molecule has 2 unspecified atom stereocenters. The molecule has 2 rings (SSSR count). The lowest BCUT2D eigenvalue weighted by Gasteiger charge is -2.15. The number of rotatable bonds is 6. The van der Waals surface area contributed by atoms with Gasteiger partial charge >= 0.3 is 6.16 Å². The molecule has 11 heteroatoms. The van der Waals surface area contributed by atoms with Crippen molar-refractivity contribution in [2.75, 3.05) is 0 Å². The molecule has 2 aromatic carbocycles. The minimum absolute atomic E-state index is 0.0531. The quantitative estimate of drug-likeness (QED) is 0.339. The van der Waals surface area contributed by atoms with E-state index in [4.69, 9.17) is 0 Å². The van der Waals surface area contributed by atoms with Crippen LogP contribution >= 0.6 is 0 Å². The lowest BCUT2D eigenvalue weighted by atomic mass is 10.2. The molecule has 0 aliphatic heterocycles. The van der Waals surface area contributed by atoms with Crippen LogP contribution in [0.15, 0.2) is 48.5 Å². The van der Waals surface area contributed by atoms with Gasteiger partial charge in [0.1, 0.15) is 0 Å². The molecule has 136 valence electrons. The predicted molar refractivity (Wildman–Crippen MR) is 83.7 cm³/mol. The number of hydrogen-bond acceptors (Lipinski definition) is 9. The normalized spacial score (nSPS) is 12.7. The number of ether oxygens (including phenoxy) is 2. The summed E-state index contributed by atoms with van der Waals surface area (Å²) in [5, 5.41) is 40.6. The molecule has 0 aromatic heterocycles. The molecule has 0 spiro atoms. The fourth-order valence-electron chi connectivity index (χ4n) is 1.87. The first-order valence-electron chi connectivity index (χ1n) is 7.00. The van der Waals surface area contributed by atoms with Gasteiger partial charge in [-0.05, 0) is 24.3 Å². The van der Waals surface area contributed by atoms with Gasteiger partial charge in [-0.2, -0.15) is 0 Å². The Morgan fingerprint density at radius 2 is 1.08 bits per heavy atom. The average molecular weight is 364 g/mol. The molecule has 0 radical (unpaired) electrons. The molecule has 0 saturated heterocycles. The fourth-order valence-corrected chi connectivity index (χ4v) is 1.87. The van der Waals surface area contributed by atoms with Crippen LogP contribution in [0.25, 0.3) is 0 Å². The largest absolute Gasteiger partial charge is 0.513 e. The van der Waals surface area contributed by atoms with Gasteiger partial charge in [-0.1, -0.05) is 0 Å². The number of aliphatic hydroxyl groups excluding tert-OH is 2.